The molecule has 75 heavy (non-hydrogen) atoms. The molecule has 9 atom stereocenters. The van der Waals surface area contributed by atoms with Gasteiger partial charge in [-0.15, -0.1) is 0 Å². The highest BCUT2D eigenvalue weighted by atomic mass is 16.3. The van der Waals surface area contributed by atoms with E-state index in [1.165, 1.54) is 25.8 Å². The largest absolute Gasteiger partial charge is 0.391 e. The first-order valence-electron chi connectivity index (χ1n) is 25.4. The first-order chi connectivity index (χ1) is 35.3. The van der Waals surface area contributed by atoms with Crippen molar-refractivity contribution in [3.63, 3.8) is 0 Å². The maximum absolute atomic E-state index is 14.6. The van der Waals surface area contributed by atoms with Gasteiger partial charge in [0, 0.05) is 40.5 Å². The summed E-state index contributed by atoms with van der Waals surface area (Å²) in [6.07, 6.45) is -0.379. The lowest BCUT2D eigenvalue weighted by atomic mass is 9.96. The zero-order valence-electron chi connectivity index (χ0n) is 44.7. The highest BCUT2D eigenvalue weighted by Crippen LogP contribution is 2.21. The molecule has 0 radical (unpaired) electrons. The molecule has 1 heterocycles. The molecule has 0 saturated carbocycles. The Bertz CT molecular complexity index is 2040. The number of likely N-dealkylation sites (tertiary alicyclic amines) is 1. The monoisotopic (exact) mass is 1070 g/mol. The fourth-order valence-corrected chi connectivity index (χ4v) is 8.01. The first kappa shape index (κ1) is 66.0. The van der Waals surface area contributed by atoms with E-state index in [-0.39, 0.29) is 83.0 Å². The molecule has 0 aromatic rings. The van der Waals surface area contributed by atoms with E-state index >= 15 is 0 Å². The summed E-state index contributed by atoms with van der Waals surface area (Å²) in [7, 11) is 1.36. The number of imide groups is 1. The van der Waals surface area contributed by atoms with E-state index in [0.29, 0.717) is 30.7 Å². The molecule has 1 aliphatic heterocycles. The number of guanidine groups is 1. The van der Waals surface area contributed by atoms with Gasteiger partial charge in [0.05, 0.1) is 25.6 Å². The van der Waals surface area contributed by atoms with E-state index in [0.717, 1.165) is 11.8 Å². The number of aliphatic hydroxyl groups is 1. The summed E-state index contributed by atoms with van der Waals surface area (Å²) in [4.78, 5) is 167. The summed E-state index contributed by atoms with van der Waals surface area (Å²) in [6.45, 7) is 9.91. The van der Waals surface area contributed by atoms with Crippen LogP contribution in [-0.2, 0) is 57.5 Å². The van der Waals surface area contributed by atoms with Gasteiger partial charge in [0.15, 0.2) is 5.96 Å². The summed E-state index contributed by atoms with van der Waals surface area (Å²) in [6, 6.07) is -10.0. The van der Waals surface area contributed by atoms with Crippen molar-refractivity contribution in [2.45, 2.75) is 167 Å². The Labute approximate surface area is 438 Å². The van der Waals surface area contributed by atoms with E-state index in [9.17, 15) is 62.6 Å². The van der Waals surface area contributed by atoms with E-state index in [4.69, 9.17) is 22.9 Å². The molecule has 0 unspecified atom stereocenters. The molecule has 16 N–H and O–H groups in total. The zero-order chi connectivity index (χ0) is 57.1. The minimum absolute atomic E-state index is 0.000554. The smallest absolute Gasteiger partial charge is 0.252 e. The van der Waals surface area contributed by atoms with Crippen LogP contribution in [0.15, 0.2) is 4.99 Å². The molecule has 1 aliphatic rings. The predicted molar refractivity (Wildman–Crippen MR) is 273 cm³/mol. The Balaban J connectivity index is 3.54. The number of likely N-dealkylation sites (N-methyl/N-ethyl adjacent to an activating group) is 2. The highest BCUT2D eigenvalue weighted by molar-refractivity contribution is 6.04. The van der Waals surface area contributed by atoms with Crippen molar-refractivity contribution in [2.75, 3.05) is 46.3 Å². The zero-order valence-corrected chi connectivity index (χ0v) is 44.7. The predicted octanol–water partition coefficient (Wildman–Crippen LogP) is -4.84. The summed E-state index contributed by atoms with van der Waals surface area (Å²) in [5.41, 5.74) is 22.1. The van der Waals surface area contributed by atoms with Gasteiger partial charge in [0.1, 0.15) is 42.3 Å². The fraction of sp³-hybridized carbons (Fsp3) is 0.723. The summed E-state index contributed by atoms with van der Waals surface area (Å²) < 4.78 is 0. The van der Waals surface area contributed by atoms with Crippen LogP contribution in [0, 0.1) is 5.92 Å². The Kier molecular flexibility index (Phi) is 29.7. The molecule has 0 aromatic heterocycles. The maximum atomic E-state index is 14.6. The van der Waals surface area contributed by atoms with Crippen LogP contribution < -0.4 is 60.2 Å². The van der Waals surface area contributed by atoms with Crippen molar-refractivity contribution in [1.82, 2.24) is 51.9 Å². The summed E-state index contributed by atoms with van der Waals surface area (Å²) in [5.74, 6) is -10.8. The lowest BCUT2D eigenvalue weighted by Gasteiger charge is -2.34. The molecular formula is C47H83N15O13. The Morgan fingerprint density at radius 1 is 0.720 bits per heavy atom. The number of hydrogen-bond donors (Lipinski definition) is 12. The number of nitrogens with zero attached hydrogens (tertiary/aromatic N) is 4. The van der Waals surface area contributed by atoms with Crippen LogP contribution in [0.5, 0.6) is 0 Å². The third kappa shape index (κ3) is 22.6. The van der Waals surface area contributed by atoms with Gasteiger partial charge in [-0.2, -0.15) is 0 Å². The van der Waals surface area contributed by atoms with Crippen molar-refractivity contribution in [1.29, 1.82) is 0 Å². The lowest BCUT2D eigenvalue weighted by molar-refractivity contribution is -0.154. The second-order valence-electron chi connectivity index (χ2n) is 18.5. The molecule has 0 aliphatic carbocycles. The number of rotatable bonds is 33. The Hall–Kier alpha value is -6.97. The molecule has 0 spiro atoms. The molecule has 1 saturated heterocycles. The lowest BCUT2D eigenvalue weighted by Crippen LogP contribution is -2.63. The minimum atomic E-state index is -1.80. The van der Waals surface area contributed by atoms with E-state index < -0.39 is 132 Å². The molecule has 1 fully saturated rings. The van der Waals surface area contributed by atoms with Crippen LogP contribution in [0.25, 0.3) is 0 Å². The van der Waals surface area contributed by atoms with Crippen molar-refractivity contribution in [2.24, 2.45) is 33.8 Å². The molecule has 12 amide bonds. The highest BCUT2D eigenvalue weighted by Gasteiger charge is 2.42. The van der Waals surface area contributed by atoms with Crippen molar-refractivity contribution in [3.8, 4) is 0 Å². The quantitative estimate of drug-likeness (QED) is 0.0167. The van der Waals surface area contributed by atoms with Crippen LogP contribution in [0.3, 0.4) is 0 Å². The van der Waals surface area contributed by atoms with E-state index in [1.807, 2.05) is 0 Å². The van der Waals surface area contributed by atoms with Crippen LogP contribution in [0.4, 0.5) is 0 Å². The minimum Gasteiger partial charge on any atom is -0.391 e. The molecule has 0 aromatic carbocycles. The molecule has 0 bridgehead atoms. The average Bonchev–Trinajstić information content (AvgIpc) is 3.84. The van der Waals surface area contributed by atoms with Gasteiger partial charge in [-0.25, -0.2) is 0 Å². The van der Waals surface area contributed by atoms with Gasteiger partial charge in [-0.3, -0.25) is 67.4 Å². The van der Waals surface area contributed by atoms with Crippen LogP contribution in [0.1, 0.15) is 119 Å². The van der Waals surface area contributed by atoms with E-state index in [1.54, 1.807) is 27.7 Å². The van der Waals surface area contributed by atoms with Gasteiger partial charge in [0.25, 0.3) is 5.91 Å². The van der Waals surface area contributed by atoms with Gasteiger partial charge in [-0.05, 0) is 77.7 Å². The maximum Gasteiger partial charge on any atom is 0.252 e. The topological polar surface area (TPSA) is 435 Å². The Morgan fingerprint density at radius 3 is 1.89 bits per heavy atom. The number of aliphatic hydroxyl groups excluding tert-OH is 1. The Morgan fingerprint density at radius 2 is 1.35 bits per heavy atom. The van der Waals surface area contributed by atoms with Gasteiger partial charge < -0.3 is 75.1 Å². The fourth-order valence-electron chi connectivity index (χ4n) is 8.01. The number of carbonyl (C=O) groups is 12. The summed E-state index contributed by atoms with van der Waals surface area (Å²) in [5, 5.41) is 28.3. The van der Waals surface area contributed by atoms with Crippen molar-refractivity contribution in [3.05, 3.63) is 0 Å². The SMILES string of the molecule is CCC[C@H](NC(=O)[C@@H](NC(=O)[C@H](NC(=O)[C@H](CC(N)=O)NC(=O)CNC(=O)CN(C)C(C)=O)[C@@H](C)CC)[C@@H](C)O)C(=O)N(C(C)=O)[C@@H](CCCCN)C(=O)N[C@@H](CCCN=C(N)N)C(=O)N1CCC[C@H]1C(=O)NCC. The number of amides is 12. The van der Waals surface area contributed by atoms with Gasteiger partial charge in [-0.1, -0.05) is 33.6 Å². The van der Waals surface area contributed by atoms with Crippen molar-refractivity contribution >= 4 is 76.8 Å². The number of aliphatic imine (C=N–C) groups is 1. The third-order valence-electron chi connectivity index (χ3n) is 12.3. The third-order valence-corrected chi connectivity index (χ3v) is 12.3. The second kappa shape index (κ2) is 33.8. The molecule has 424 valence electrons. The van der Waals surface area contributed by atoms with Crippen LogP contribution in [-0.4, -0.2) is 191 Å². The summed E-state index contributed by atoms with van der Waals surface area (Å²) >= 11 is 0. The number of nitrogens with two attached hydrogens (primary N) is 4. The number of nitrogens with one attached hydrogen (secondary N) is 7. The molecule has 1 rings (SSSR count). The van der Waals surface area contributed by atoms with E-state index in [2.05, 4.69) is 42.2 Å². The van der Waals surface area contributed by atoms with Gasteiger partial charge >= 0.3 is 0 Å². The average molecular weight is 1070 g/mol. The number of hydrogen-bond acceptors (Lipinski definition) is 15. The second-order valence-corrected chi connectivity index (χ2v) is 18.5. The molecule has 28 heteroatoms. The number of primary amides is 1. The van der Waals surface area contributed by atoms with Crippen molar-refractivity contribution < 1.29 is 62.6 Å². The van der Waals surface area contributed by atoms with Gasteiger partial charge in [0.2, 0.25) is 65.0 Å². The first-order valence-corrected chi connectivity index (χ1v) is 25.4. The number of carbonyl (C=O) groups excluding carboxylic acids is 12. The molecule has 28 nitrogen and oxygen atoms in total. The standard InChI is InChI=1S/C47H83N15O13/c1-9-16-30(46(75)62(29(7)65)34(18-12-13-20-48)42(71)56-31(17-14-21-53-47(50)51)45(74)61-22-15-19-33(61)41(70)52-11-3)57-44(73)39(27(5)63)59-43(72)38(26(4)10-2)58-40(69)32(23-35(49)66)55-36(67)24-54-37(68)25-60(8)28(6)64/h26-27,30-34,38-39,63H,9-25,48H2,1-8H3,(H2,49,66)(H,52,70)(H,54,68)(H,55,67)(H,56,71)(H,57,73)(H,58,69)(H,59,72)(H4,50,51,53)/t26-,27+,30-,31-,32-,33-,34-,38+,39-/m0/s1. The van der Waals surface area contributed by atoms with Crippen LogP contribution in [0.2, 0.25) is 0 Å². The number of unbranched alkanes of at least 4 members (excludes halogenated alkanes) is 1. The normalized spacial score (nSPS) is 16.1. The molecular weight excluding hydrogens is 983 g/mol. The van der Waals surface area contributed by atoms with Crippen LogP contribution >= 0.6 is 0 Å².